The van der Waals surface area contributed by atoms with Crippen molar-refractivity contribution in [2.24, 2.45) is 0 Å². The van der Waals surface area contributed by atoms with Gasteiger partial charge in [0.1, 0.15) is 0 Å². The fourth-order valence-corrected chi connectivity index (χ4v) is 3.23. The van der Waals surface area contributed by atoms with Crippen LogP contribution in [0.4, 0.5) is 18.9 Å². The Labute approximate surface area is 174 Å². The SMILES string of the molecule is Cc1nc2nc(C(F)(F)F)nn2c(C)c1CCC(=O)Nc1ccc(-c2cnco2)cc1. The first-order valence-corrected chi connectivity index (χ1v) is 9.31. The molecule has 1 N–H and O–H groups in total. The third-order valence-electron chi connectivity index (χ3n) is 4.79. The number of carbonyl (C=O) groups excluding carboxylic acids is 1. The number of halogens is 3. The lowest BCUT2D eigenvalue weighted by atomic mass is 10.1. The van der Waals surface area contributed by atoms with Gasteiger partial charge in [-0.05, 0) is 50.1 Å². The molecule has 0 saturated carbocycles. The zero-order valence-corrected chi connectivity index (χ0v) is 16.6. The molecular weight excluding hydrogens is 413 g/mol. The first kappa shape index (κ1) is 20.5. The van der Waals surface area contributed by atoms with Crippen molar-refractivity contribution in [1.29, 1.82) is 0 Å². The molecule has 0 radical (unpaired) electrons. The summed E-state index contributed by atoms with van der Waals surface area (Å²) in [5.41, 5.74) is 3.07. The van der Waals surface area contributed by atoms with Crippen molar-refractivity contribution in [3.8, 4) is 11.3 Å². The number of aromatic nitrogens is 5. The number of benzene rings is 1. The molecule has 3 aromatic heterocycles. The van der Waals surface area contributed by atoms with Gasteiger partial charge in [0, 0.05) is 29.1 Å². The van der Waals surface area contributed by atoms with Crippen LogP contribution in [0.1, 0.15) is 29.2 Å². The van der Waals surface area contributed by atoms with Crippen molar-refractivity contribution in [2.75, 3.05) is 5.32 Å². The zero-order chi connectivity index (χ0) is 22.2. The smallest absolute Gasteiger partial charge is 0.444 e. The summed E-state index contributed by atoms with van der Waals surface area (Å²) >= 11 is 0. The van der Waals surface area contributed by atoms with Crippen molar-refractivity contribution in [1.82, 2.24) is 24.6 Å². The van der Waals surface area contributed by atoms with E-state index in [0.29, 0.717) is 34.8 Å². The van der Waals surface area contributed by atoms with Gasteiger partial charge >= 0.3 is 6.18 Å². The van der Waals surface area contributed by atoms with Crippen LogP contribution in [0, 0.1) is 13.8 Å². The van der Waals surface area contributed by atoms with Crippen molar-refractivity contribution < 1.29 is 22.4 Å². The van der Waals surface area contributed by atoms with Gasteiger partial charge in [-0.3, -0.25) is 4.79 Å². The van der Waals surface area contributed by atoms with Gasteiger partial charge < -0.3 is 9.73 Å². The number of nitrogens with one attached hydrogen (secondary N) is 1. The number of aryl methyl sites for hydroxylation is 2. The van der Waals surface area contributed by atoms with Crippen LogP contribution in [-0.2, 0) is 17.4 Å². The van der Waals surface area contributed by atoms with Crippen molar-refractivity contribution in [2.45, 2.75) is 32.9 Å². The molecule has 31 heavy (non-hydrogen) atoms. The van der Waals surface area contributed by atoms with Crippen LogP contribution in [0.3, 0.4) is 0 Å². The fourth-order valence-electron chi connectivity index (χ4n) is 3.23. The minimum absolute atomic E-state index is 0.123. The summed E-state index contributed by atoms with van der Waals surface area (Å²) in [5, 5.41) is 6.31. The number of oxazole rings is 1. The number of nitrogens with zero attached hydrogens (tertiary/aromatic N) is 5. The highest BCUT2D eigenvalue weighted by Crippen LogP contribution is 2.27. The molecule has 0 aliphatic carbocycles. The predicted molar refractivity (Wildman–Crippen MR) is 104 cm³/mol. The van der Waals surface area contributed by atoms with Crippen LogP contribution < -0.4 is 5.32 Å². The van der Waals surface area contributed by atoms with Gasteiger partial charge in [0.15, 0.2) is 12.2 Å². The van der Waals surface area contributed by atoms with E-state index in [4.69, 9.17) is 4.42 Å². The number of alkyl halides is 3. The van der Waals surface area contributed by atoms with E-state index < -0.39 is 12.0 Å². The quantitative estimate of drug-likeness (QED) is 0.514. The molecule has 0 aliphatic heterocycles. The third-order valence-corrected chi connectivity index (χ3v) is 4.79. The van der Waals surface area contributed by atoms with Crippen LogP contribution in [0.25, 0.3) is 17.1 Å². The molecule has 4 rings (SSSR count). The minimum Gasteiger partial charge on any atom is -0.444 e. The number of carbonyl (C=O) groups is 1. The van der Waals surface area contributed by atoms with Gasteiger partial charge in [0.05, 0.1) is 6.20 Å². The van der Waals surface area contributed by atoms with Crippen molar-refractivity contribution in [3.63, 3.8) is 0 Å². The molecule has 0 spiro atoms. The lowest BCUT2D eigenvalue weighted by Gasteiger charge is -2.10. The number of fused-ring (bicyclic) bond motifs is 1. The normalized spacial score (nSPS) is 11.8. The average Bonchev–Trinajstić information content (AvgIpc) is 3.38. The van der Waals surface area contributed by atoms with Gasteiger partial charge in [0.25, 0.3) is 11.6 Å². The highest BCUT2D eigenvalue weighted by atomic mass is 19.4. The van der Waals surface area contributed by atoms with E-state index in [1.807, 2.05) is 0 Å². The molecule has 1 amide bonds. The van der Waals surface area contributed by atoms with Crippen LogP contribution >= 0.6 is 0 Å². The summed E-state index contributed by atoms with van der Waals surface area (Å²) in [6.45, 7) is 3.30. The Morgan fingerprint density at radius 3 is 2.55 bits per heavy atom. The molecule has 3 heterocycles. The number of hydrogen-bond donors (Lipinski definition) is 1. The summed E-state index contributed by atoms with van der Waals surface area (Å²) in [6.07, 6.45) is -1.30. The van der Waals surface area contributed by atoms with E-state index in [1.54, 1.807) is 44.3 Å². The molecule has 0 aliphatic rings. The van der Waals surface area contributed by atoms with Gasteiger partial charge in [-0.25, -0.2) is 14.5 Å². The summed E-state index contributed by atoms with van der Waals surface area (Å²) in [4.78, 5) is 23.8. The second-order valence-electron chi connectivity index (χ2n) is 6.90. The van der Waals surface area contributed by atoms with Gasteiger partial charge in [-0.15, -0.1) is 5.10 Å². The largest absolute Gasteiger partial charge is 0.453 e. The molecule has 0 saturated heterocycles. The van der Waals surface area contributed by atoms with E-state index in [2.05, 4.69) is 25.4 Å². The Kier molecular flexibility index (Phi) is 5.17. The average molecular weight is 430 g/mol. The molecule has 1 aromatic carbocycles. The third kappa shape index (κ3) is 4.25. The number of rotatable bonds is 5. The van der Waals surface area contributed by atoms with Crippen molar-refractivity contribution in [3.05, 3.63) is 59.6 Å². The van der Waals surface area contributed by atoms with Crippen LogP contribution in [0.5, 0.6) is 0 Å². The second-order valence-corrected chi connectivity index (χ2v) is 6.90. The standard InChI is InChI=1S/C20H17F3N6O2/c1-11-15(12(2)29-19(25-11)27-18(28-29)20(21,22)23)7-8-17(30)26-14-5-3-13(4-6-14)16-9-24-10-31-16/h3-6,9-10H,7-8H2,1-2H3,(H,26,30). The number of hydrogen-bond acceptors (Lipinski definition) is 6. The second kappa shape index (κ2) is 7.82. The summed E-state index contributed by atoms with van der Waals surface area (Å²) in [6, 6.07) is 7.08. The van der Waals surface area contributed by atoms with Crippen LogP contribution in [0.15, 0.2) is 41.3 Å². The van der Waals surface area contributed by atoms with E-state index in [1.165, 1.54) is 6.39 Å². The molecule has 0 unspecified atom stereocenters. The molecule has 0 atom stereocenters. The first-order valence-electron chi connectivity index (χ1n) is 9.31. The topological polar surface area (TPSA) is 98.2 Å². The Balaban J connectivity index is 1.45. The van der Waals surface area contributed by atoms with Gasteiger partial charge in [-0.1, -0.05) is 0 Å². The minimum atomic E-state index is -4.66. The van der Waals surface area contributed by atoms with E-state index >= 15 is 0 Å². The molecular formula is C20H17F3N6O2. The van der Waals surface area contributed by atoms with Crippen LogP contribution in [-0.4, -0.2) is 30.5 Å². The molecule has 11 heteroatoms. The molecule has 0 fully saturated rings. The van der Waals surface area contributed by atoms with E-state index in [9.17, 15) is 18.0 Å². The zero-order valence-electron chi connectivity index (χ0n) is 16.6. The monoisotopic (exact) mass is 430 g/mol. The predicted octanol–water partition coefficient (Wildman–Crippen LogP) is 3.99. The van der Waals surface area contributed by atoms with E-state index in [-0.39, 0.29) is 18.1 Å². The number of amides is 1. The number of anilines is 1. The lowest BCUT2D eigenvalue weighted by Crippen LogP contribution is -2.14. The Bertz CT molecular complexity index is 1230. The summed E-state index contributed by atoms with van der Waals surface area (Å²) in [7, 11) is 0. The maximum atomic E-state index is 12.9. The Morgan fingerprint density at radius 2 is 1.90 bits per heavy atom. The lowest BCUT2D eigenvalue weighted by molar-refractivity contribution is -0.144. The Hall–Kier alpha value is -3.76. The molecule has 8 nitrogen and oxygen atoms in total. The van der Waals surface area contributed by atoms with Crippen molar-refractivity contribution >= 4 is 17.4 Å². The first-order chi connectivity index (χ1) is 14.7. The molecule has 4 aromatic rings. The summed E-state index contributed by atoms with van der Waals surface area (Å²) < 4.78 is 45.0. The highest BCUT2D eigenvalue weighted by molar-refractivity contribution is 5.91. The molecule has 0 bridgehead atoms. The maximum Gasteiger partial charge on any atom is 0.453 e. The highest BCUT2D eigenvalue weighted by Gasteiger charge is 2.36. The summed E-state index contributed by atoms with van der Waals surface area (Å²) in [5.74, 6) is -0.983. The maximum absolute atomic E-state index is 12.9. The van der Waals surface area contributed by atoms with Gasteiger partial charge in [-0.2, -0.15) is 18.2 Å². The van der Waals surface area contributed by atoms with Gasteiger partial charge in [0.2, 0.25) is 5.91 Å². The Morgan fingerprint density at radius 1 is 1.16 bits per heavy atom. The van der Waals surface area contributed by atoms with Crippen LogP contribution in [0.2, 0.25) is 0 Å². The molecule has 160 valence electrons. The van der Waals surface area contributed by atoms with E-state index in [0.717, 1.165) is 10.1 Å². The fraction of sp³-hybridized carbons (Fsp3) is 0.250.